The molecule has 0 bridgehead atoms. The first-order chi connectivity index (χ1) is 12.4. The third kappa shape index (κ3) is 2.36. The van der Waals surface area contributed by atoms with Crippen molar-refractivity contribution in [1.29, 1.82) is 0 Å². The standard InChI is InChI=1S/C17H11ClF3N5/c18-11-4-9(3-10-5-23-25-14(10)11)13-15(17(19,20)21)22-7-26-6-12(8-1-2-8)24-16(13)26/h3-8H,1-2H2,(H,23,25). The van der Waals surface area contributed by atoms with Gasteiger partial charge in [0.25, 0.3) is 0 Å². The third-order valence-corrected chi connectivity index (χ3v) is 4.87. The summed E-state index contributed by atoms with van der Waals surface area (Å²) in [6.07, 6.45) is 1.84. The Hall–Kier alpha value is -2.61. The number of fused-ring (bicyclic) bond motifs is 2. The van der Waals surface area contributed by atoms with E-state index in [-0.39, 0.29) is 11.2 Å². The lowest BCUT2D eigenvalue weighted by molar-refractivity contribution is -0.140. The highest BCUT2D eigenvalue weighted by atomic mass is 35.5. The number of hydrogen-bond acceptors (Lipinski definition) is 3. The molecule has 1 saturated carbocycles. The fourth-order valence-electron chi connectivity index (χ4n) is 3.19. The van der Waals surface area contributed by atoms with Gasteiger partial charge >= 0.3 is 6.18 Å². The molecule has 5 rings (SSSR count). The van der Waals surface area contributed by atoms with Gasteiger partial charge in [-0.3, -0.25) is 9.50 Å². The van der Waals surface area contributed by atoms with Crippen LogP contribution in [0.1, 0.15) is 30.1 Å². The molecular formula is C17H11ClF3N5. The zero-order valence-electron chi connectivity index (χ0n) is 13.2. The number of alkyl halides is 3. The number of hydrogen-bond donors (Lipinski definition) is 1. The van der Waals surface area contributed by atoms with Gasteiger partial charge in [-0.2, -0.15) is 18.3 Å². The van der Waals surface area contributed by atoms with Crippen molar-refractivity contribution in [2.75, 3.05) is 0 Å². The second-order valence-electron chi connectivity index (χ2n) is 6.43. The number of aromatic amines is 1. The van der Waals surface area contributed by atoms with Crippen LogP contribution in [0.15, 0.2) is 30.9 Å². The zero-order chi connectivity index (χ0) is 18.1. The van der Waals surface area contributed by atoms with E-state index in [0.717, 1.165) is 18.5 Å². The van der Waals surface area contributed by atoms with E-state index in [0.29, 0.717) is 27.4 Å². The second-order valence-corrected chi connectivity index (χ2v) is 6.84. The van der Waals surface area contributed by atoms with Crippen molar-refractivity contribution in [1.82, 2.24) is 24.6 Å². The molecule has 0 unspecified atom stereocenters. The van der Waals surface area contributed by atoms with Crippen molar-refractivity contribution in [3.63, 3.8) is 0 Å². The average molecular weight is 378 g/mol. The molecule has 9 heteroatoms. The Bertz CT molecular complexity index is 1160. The van der Waals surface area contributed by atoms with Crippen molar-refractivity contribution < 1.29 is 13.2 Å². The van der Waals surface area contributed by atoms with Crippen molar-refractivity contribution >= 4 is 28.2 Å². The minimum absolute atomic E-state index is 0.0723. The van der Waals surface area contributed by atoms with Gasteiger partial charge in [0.1, 0.15) is 12.0 Å². The molecule has 1 aliphatic rings. The van der Waals surface area contributed by atoms with E-state index in [1.807, 2.05) is 0 Å². The molecule has 3 aromatic heterocycles. The van der Waals surface area contributed by atoms with Gasteiger partial charge in [0.2, 0.25) is 0 Å². The predicted octanol–water partition coefficient (Wildman–Crippen LogP) is 4.82. The molecule has 0 aliphatic heterocycles. The third-order valence-electron chi connectivity index (χ3n) is 4.58. The minimum atomic E-state index is -4.61. The Morgan fingerprint density at radius 2 is 2.04 bits per heavy atom. The molecule has 1 N–H and O–H groups in total. The molecule has 0 atom stereocenters. The van der Waals surface area contributed by atoms with Crippen molar-refractivity contribution in [2.45, 2.75) is 24.9 Å². The number of benzene rings is 1. The molecule has 3 heterocycles. The fourth-order valence-corrected chi connectivity index (χ4v) is 3.46. The number of rotatable bonds is 2. The molecule has 4 aromatic rings. The number of H-pyrrole nitrogens is 1. The molecule has 1 aromatic carbocycles. The van der Waals surface area contributed by atoms with Crippen LogP contribution in [-0.4, -0.2) is 24.6 Å². The van der Waals surface area contributed by atoms with Crippen LogP contribution in [0.4, 0.5) is 13.2 Å². The summed E-state index contributed by atoms with van der Waals surface area (Å²) in [6, 6.07) is 3.10. The van der Waals surface area contributed by atoms with Crippen LogP contribution in [0.3, 0.4) is 0 Å². The Morgan fingerprint density at radius 3 is 2.77 bits per heavy atom. The van der Waals surface area contributed by atoms with E-state index in [4.69, 9.17) is 11.6 Å². The van der Waals surface area contributed by atoms with Gasteiger partial charge in [0.15, 0.2) is 5.69 Å². The van der Waals surface area contributed by atoms with Gasteiger partial charge in [0.05, 0.1) is 28.0 Å². The van der Waals surface area contributed by atoms with Crippen LogP contribution in [0.25, 0.3) is 27.7 Å². The van der Waals surface area contributed by atoms with Crippen LogP contribution in [0.5, 0.6) is 0 Å². The Labute approximate surface area is 149 Å². The zero-order valence-corrected chi connectivity index (χ0v) is 13.9. The van der Waals surface area contributed by atoms with Crippen LogP contribution in [0.2, 0.25) is 5.02 Å². The van der Waals surface area contributed by atoms with Crippen LogP contribution < -0.4 is 0 Å². The smallest absolute Gasteiger partial charge is 0.290 e. The number of nitrogens with one attached hydrogen (secondary N) is 1. The van der Waals surface area contributed by atoms with E-state index in [1.165, 1.54) is 18.6 Å². The summed E-state index contributed by atoms with van der Waals surface area (Å²) >= 11 is 6.24. The van der Waals surface area contributed by atoms with Gasteiger partial charge in [-0.25, -0.2) is 9.97 Å². The van der Waals surface area contributed by atoms with Crippen LogP contribution >= 0.6 is 11.6 Å². The molecular weight excluding hydrogens is 367 g/mol. The summed E-state index contributed by atoms with van der Waals surface area (Å²) in [7, 11) is 0. The predicted molar refractivity (Wildman–Crippen MR) is 90.1 cm³/mol. The fraction of sp³-hybridized carbons (Fsp3) is 0.235. The van der Waals surface area contributed by atoms with Gasteiger partial charge in [-0.1, -0.05) is 11.6 Å². The van der Waals surface area contributed by atoms with Crippen molar-refractivity contribution in [3.05, 3.63) is 47.3 Å². The highest BCUT2D eigenvalue weighted by Gasteiger charge is 2.38. The van der Waals surface area contributed by atoms with Gasteiger partial charge in [-0.15, -0.1) is 0 Å². The molecule has 5 nitrogen and oxygen atoms in total. The van der Waals surface area contributed by atoms with Crippen molar-refractivity contribution in [3.8, 4) is 11.1 Å². The van der Waals surface area contributed by atoms with Crippen LogP contribution in [0, 0.1) is 0 Å². The first-order valence-corrected chi connectivity index (χ1v) is 8.37. The molecule has 1 aliphatic carbocycles. The lowest BCUT2D eigenvalue weighted by atomic mass is 10.0. The van der Waals surface area contributed by atoms with E-state index < -0.39 is 11.9 Å². The second kappa shape index (κ2) is 5.20. The highest BCUT2D eigenvalue weighted by Crippen LogP contribution is 2.43. The molecule has 0 saturated heterocycles. The first kappa shape index (κ1) is 15.6. The molecule has 26 heavy (non-hydrogen) atoms. The summed E-state index contributed by atoms with van der Waals surface area (Å²) in [4.78, 5) is 8.16. The normalized spacial score (nSPS) is 15.2. The van der Waals surface area contributed by atoms with Crippen molar-refractivity contribution in [2.24, 2.45) is 0 Å². The molecule has 132 valence electrons. The topological polar surface area (TPSA) is 58.9 Å². The summed E-state index contributed by atoms with van der Waals surface area (Å²) in [5, 5.41) is 7.55. The summed E-state index contributed by atoms with van der Waals surface area (Å²) in [5.74, 6) is 0.317. The molecule has 0 spiro atoms. The summed E-state index contributed by atoms with van der Waals surface area (Å²) in [6.45, 7) is 0. The number of halogens is 4. The highest BCUT2D eigenvalue weighted by molar-refractivity contribution is 6.35. The molecule has 0 radical (unpaired) electrons. The summed E-state index contributed by atoms with van der Waals surface area (Å²) < 4.78 is 42.5. The van der Waals surface area contributed by atoms with Gasteiger partial charge < -0.3 is 0 Å². The van der Waals surface area contributed by atoms with E-state index in [9.17, 15) is 13.2 Å². The Balaban J connectivity index is 1.85. The lowest BCUT2D eigenvalue weighted by Gasteiger charge is -2.13. The number of imidazole rings is 1. The largest absolute Gasteiger partial charge is 0.434 e. The quantitative estimate of drug-likeness (QED) is 0.544. The molecule has 1 fully saturated rings. The van der Waals surface area contributed by atoms with Gasteiger partial charge in [-0.05, 0) is 30.5 Å². The maximum Gasteiger partial charge on any atom is 0.434 e. The first-order valence-electron chi connectivity index (χ1n) is 7.99. The number of nitrogens with zero attached hydrogens (tertiary/aromatic N) is 4. The van der Waals surface area contributed by atoms with E-state index in [1.54, 1.807) is 16.7 Å². The Kier molecular flexibility index (Phi) is 3.13. The van der Waals surface area contributed by atoms with Crippen LogP contribution in [-0.2, 0) is 6.18 Å². The number of aromatic nitrogens is 5. The SMILES string of the molecule is FC(F)(F)c1ncn2cc(C3CC3)nc2c1-c1cc(Cl)c2[nH]ncc2c1. The Morgan fingerprint density at radius 1 is 1.23 bits per heavy atom. The monoisotopic (exact) mass is 377 g/mol. The lowest BCUT2D eigenvalue weighted by Crippen LogP contribution is -2.12. The van der Waals surface area contributed by atoms with E-state index >= 15 is 0 Å². The van der Waals surface area contributed by atoms with E-state index in [2.05, 4.69) is 20.2 Å². The maximum atomic E-state index is 13.6. The maximum absolute atomic E-state index is 13.6. The minimum Gasteiger partial charge on any atom is -0.290 e. The average Bonchev–Trinajstić information content (AvgIpc) is 3.15. The summed E-state index contributed by atoms with van der Waals surface area (Å²) in [5.41, 5.74) is 0.859. The van der Waals surface area contributed by atoms with Gasteiger partial charge in [0, 0.05) is 17.5 Å². The molecule has 0 amide bonds.